The number of aliphatic hydroxyl groups is 1. The summed E-state index contributed by atoms with van der Waals surface area (Å²) in [6, 6.07) is 4.90. The van der Waals surface area contributed by atoms with Gasteiger partial charge < -0.3 is 14.9 Å². The van der Waals surface area contributed by atoms with E-state index in [0.717, 1.165) is 28.0 Å². The largest absolute Gasteiger partial charge is 0.396 e. The summed E-state index contributed by atoms with van der Waals surface area (Å²) >= 11 is 6.98. The molecule has 160 valence electrons. The zero-order chi connectivity index (χ0) is 22.1. The number of nitrogens with one attached hydrogen (secondary N) is 2. The number of benzene rings is 1. The van der Waals surface area contributed by atoms with Crippen LogP contribution in [0.1, 0.15) is 32.1 Å². The van der Waals surface area contributed by atoms with Crippen LogP contribution in [0, 0.1) is 20.8 Å². The number of carbonyl (C=O) groups excluding carboxylic acids is 1. The minimum atomic E-state index is -4.12. The minimum absolute atomic E-state index is 0.0181. The molecule has 0 aliphatic carbocycles. The number of nitrogens with zero attached hydrogens (tertiary/aromatic N) is 1. The molecular weight excluding hydrogens is 450 g/mol. The average Bonchev–Trinajstić information content (AvgIpc) is 3.28. The number of anilines is 2. The fourth-order valence-electron chi connectivity index (χ4n) is 3.03. The van der Waals surface area contributed by atoms with Gasteiger partial charge in [0.05, 0.1) is 0 Å². The standard InChI is InChI=1S/C19H20ClN3O5S2/c1-10-8-13(9-11(2)14(10)4-6-24)21-18(25)17-15(5-7-29-17)30(26,27)23-19-16(20)12(3)22-28-19/h5,7-9,23-24H,4,6H2,1-3H3,(H,21,25). The number of carbonyl (C=O) groups is 1. The van der Waals surface area contributed by atoms with Crippen molar-refractivity contribution in [2.75, 3.05) is 16.6 Å². The number of aliphatic hydroxyl groups excluding tert-OH is 1. The summed E-state index contributed by atoms with van der Waals surface area (Å²) in [7, 11) is -4.12. The first-order chi connectivity index (χ1) is 14.1. The fraction of sp³-hybridized carbons (Fsp3) is 0.263. The van der Waals surface area contributed by atoms with Crippen molar-refractivity contribution in [3.8, 4) is 0 Å². The molecule has 0 atom stereocenters. The third kappa shape index (κ3) is 4.51. The summed E-state index contributed by atoms with van der Waals surface area (Å²) < 4.78 is 32.7. The molecule has 0 saturated heterocycles. The lowest BCUT2D eigenvalue weighted by Gasteiger charge is -2.13. The lowest BCUT2D eigenvalue weighted by molar-refractivity contribution is 0.102. The highest BCUT2D eigenvalue weighted by atomic mass is 35.5. The summed E-state index contributed by atoms with van der Waals surface area (Å²) in [5.41, 5.74) is 3.74. The van der Waals surface area contributed by atoms with Crippen LogP contribution in [-0.2, 0) is 16.4 Å². The molecule has 8 nitrogen and oxygen atoms in total. The van der Waals surface area contributed by atoms with Gasteiger partial charge in [-0.25, -0.2) is 13.1 Å². The van der Waals surface area contributed by atoms with Gasteiger partial charge in [0, 0.05) is 12.3 Å². The second kappa shape index (κ2) is 8.76. The van der Waals surface area contributed by atoms with Crippen LogP contribution >= 0.6 is 22.9 Å². The van der Waals surface area contributed by atoms with Crippen LogP contribution in [-0.4, -0.2) is 31.2 Å². The predicted octanol–water partition coefficient (Wildman–Crippen LogP) is 3.90. The molecule has 11 heteroatoms. The van der Waals surface area contributed by atoms with Crippen molar-refractivity contribution in [2.45, 2.75) is 32.1 Å². The number of halogens is 1. The van der Waals surface area contributed by atoms with Crippen LogP contribution in [0.2, 0.25) is 5.02 Å². The van der Waals surface area contributed by atoms with Crippen LogP contribution in [0.15, 0.2) is 33.0 Å². The molecule has 0 unspecified atom stereocenters. The van der Waals surface area contributed by atoms with E-state index in [1.54, 1.807) is 19.1 Å². The molecule has 30 heavy (non-hydrogen) atoms. The molecule has 2 aromatic heterocycles. The molecular formula is C19H20ClN3O5S2. The van der Waals surface area contributed by atoms with Crippen molar-refractivity contribution < 1.29 is 22.8 Å². The maximum Gasteiger partial charge on any atom is 0.267 e. The van der Waals surface area contributed by atoms with E-state index in [9.17, 15) is 18.3 Å². The van der Waals surface area contributed by atoms with Gasteiger partial charge in [-0.2, -0.15) is 0 Å². The monoisotopic (exact) mass is 469 g/mol. The molecule has 0 aliphatic heterocycles. The Morgan fingerprint density at radius 3 is 2.50 bits per heavy atom. The van der Waals surface area contributed by atoms with Gasteiger partial charge in [-0.3, -0.25) is 4.79 Å². The Bertz CT molecular complexity index is 1180. The van der Waals surface area contributed by atoms with Crippen LogP contribution in [0.4, 0.5) is 11.6 Å². The Hall–Kier alpha value is -2.40. The summed E-state index contributed by atoms with van der Waals surface area (Å²) in [5, 5.41) is 17.1. The van der Waals surface area contributed by atoms with Gasteiger partial charge in [0.2, 0.25) is 0 Å². The topological polar surface area (TPSA) is 122 Å². The third-order valence-corrected chi connectivity index (χ3v) is 7.32. The summed E-state index contributed by atoms with van der Waals surface area (Å²) in [6.07, 6.45) is 0.522. The molecule has 1 amide bonds. The second-order valence-corrected chi connectivity index (χ2v) is 9.59. The highest BCUT2D eigenvalue weighted by Crippen LogP contribution is 2.30. The first-order valence-electron chi connectivity index (χ1n) is 8.88. The first-order valence-corrected chi connectivity index (χ1v) is 11.6. The van der Waals surface area contributed by atoms with Gasteiger partial charge in [-0.05, 0) is 67.5 Å². The SMILES string of the molecule is Cc1cc(NC(=O)c2sccc2S(=O)(=O)Nc2onc(C)c2Cl)cc(C)c1CCO. The van der Waals surface area contributed by atoms with E-state index in [4.69, 9.17) is 16.1 Å². The van der Waals surface area contributed by atoms with Gasteiger partial charge in [0.15, 0.2) is 0 Å². The molecule has 3 aromatic rings. The summed E-state index contributed by atoms with van der Waals surface area (Å²) in [5.74, 6) is -0.767. The first kappa shape index (κ1) is 22.3. The fourth-order valence-corrected chi connectivity index (χ4v) is 5.52. The van der Waals surface area contributed by atoms with Crippen molar-refractivity contribution in [1.29, 1.82) is 0 Å². The number of aromatic nitrogens is 1. The second-order valence-electron chi connectivity index (χ2n) is 6.65. The average molecular weight is 470 g/mol. The van der Waals surface area contributed by atoms with Crippen molar-refractivity contribution in [3.63, 3.8) is 0 Å². The molecule has 0 bridgehead atoms. The summed E-state index contributed by atoms with van der Waals surface area (Å²) in [4.78, 5) is 12.6. The van der Waals surface area contributed by atoms with Gasteiger partial charge in [0.1, 0.15) is 20.5 Å². The quantitative estimate of drug-likeness (QED) is 0.482. The number of rotatable bonds is 7. The van der Waals surface area contributed by atoms with Crippen LogP contribution in [0.25, 0.3) is 0 Å². The van der Waals surface area contributed by atoms with Gasteiger partial charge >= 0.3 is 0 Å². The van der Waals surface area contributed by atoms with Gasteiger partial charge in [-0.15, -0.1) is 11.3 Å². The number of amides is 1. The highest BCUT2D eigenvalue weighted by molar-refractivity contribution is 7.93. The van der Waals surface area contributed by atoms with Gasteiger partial charge in [0.25, 0.3) is 21.8 Å². The minimum Gasteiger partial charge on any atom is -0.396 e. The molecule has 1 aromatic carbocycles. The number of hydrogen-bond donors (Lipinski definition) is 3. The lowest BCUT2D eigenvalue weighted by Crippen LogP contribution is -2.18. The molecule has 0 spiro atoms. The third-order valence-electron chi connectivity index (χ3n) is 4.46. The van der Waals surface area contributed by atoms with E-state index < -0.39 is 15.9 Å². The Morgan fingerprint density at radius 1 is 1.27 bits per heavy atom. The molecule has 2 heterocycles. The van der Waals surface area contributed by atoms with Crippen LogP contribution in [0.3, 0.4) is 0 Å². The number of sulfonamides is 1. The Balaban J connectivity index is 1.86. The van der Waals surface area contributed by atoms with E-state index in [2.05, 4.69) is 15.2 Å². The number of hydrogen-bond acceptors (Lipinski definition) is 7. The van der Waals surface area contributed by atoms with E-state index >= 15 is 0 Å². The zero-order valence-corrected chi connectivity index (χ0v) is 18.8. The highest BCUT2D eigenvalue weighted by Gasteiger charge is 2.27. The zero-order valence-electron chi connectivity index (χ0n) is 16.4. The molecule has 0 fully saturated rings. The predicted molar refractivity (Wildman–Crippen MR) is 116 cm³/mol. The van der Waals surface area contributed by atoms with E-state index in [1.165, 1.54) is 11.4 Å². The molecule has 3 N–H and O–H groups in total. The van der Waals surface area contributed by atoms with E-state index in [0.29, 0.717) is 17.8 Å². The lowest BCUT2D eigenvalue weighted by atomic mass is 9.99. The Labute approximate surface area is 182 Å². The van der Waals surface area contributed by atoms with Crippen LogP contribution in [0.5, 0.6) is 0 Å². The Kier molecular flexibility index (Phi) is 6.51. The summed E-state index contributed by atoms with van der Waals surface area (Å²) in [6.45, 7) is 5.39. The van der Waals surface area contributed by atoms with Crippen LogP contribution < -0.4 is 10.0 Å². The maximum atomic E-state index is 12.8. The molecule has 0 aliphatic rings. The number of aryl methyl sites for hydroxylation is 3. The van der Waals surface area contributed by atoms with Gasteiger partial charge in [-0.1, -0.05) is 16.8 Å². The molecule has 0 radical (unpaired) electrons. The van der Waals surface area contributed by atoms with Crippen molar-refractivity contribution in [3.05, 3.63) is 55.9 Å². The molecule has 3 rings (SSSR count). The molecule has 0 saturated carbocycles. The van der Waals surface area contributed by atoms with Crippen molar-refractivity contribution in [2.24, 2.45) is 0 Å². The maximum absolute atomic E-state index is 12.8. The van der Waals surface area contributed by atoms with E-state index in [1.807, 2.05) is 13.8 Å². The smallest absolute Gasteiger partial charge is 0.267 e. The Morgan fingerprint density at radius 2 is 1.93 bits per heavy atom. The number of thiophene rings is 1. The van der Waals surface area contributed by atoms with Crippen molar-refractivity contribution in [1.82, 2.24) is 5.16 Å². The normalized spacial score (nSPS) is 11.5. The van der Waals surface area contributed by atoms with E-state index in [-0.39, 0.29) is 27.3 Å². The van der Waals surface area contributed by atoms with Crippen molar-refractivity contribution >= 4 is 50.4 Å².